The zero-order chi connectivity index (χ0) is 18.4. The number of nitrogens with one attached hydrogen (secondary N) is 3. The minimum Gasteiger partial charge on any atom is -0.337 e. The van der Waals surface area contributed by atoms with Gasteiger partial charge in [-0.3, -0.25) is 10.9 Å². The van der Waals surface area contributed by atoms with Gasteiger partial charge < -0.3 is 5.32 Å². The second-order valence-corrected chi connectivity index (χ2v) is 7.81. The number of carbonyl (C=O) groups is 1. The van der Waals surface area contributed by atoms with Crippen molar-refractivity contribution in [1.29, 1.82) is 0 Å². The Morgan fingerprint density at radius 3 is 1.96 bits per heavy atom. The molecule has 0 radical (unpaired) electrons. The van der Waals surface area contributed by atoms with Gasteiger partial charge in [-0.15, -0.1) is 0 Å². The lowest BCUT2D eigenvalue weighted by atomic mass is 10.0. The van der Waals surface area contributed by atoms with Crippen molar-refractivity contribution in [3.05, 3.63) is 54.1 Å². The van der Waals surface area contributed by atoms with Crippen molar-refractivity contribution in [3.63, 3.8) is 0 Å². The normalized spacial score (nSPS) is 11.2. The highest BCUT2D eigenvalue weighted by molar-refractivity contribution is 7.91. The van der Waals surface area contributed by atoms with Gasteiger partial charge in [0.15, 0.2) is 0 Å². The van der Waals surface area contributed by atoms with E-state index in [2.05, 4.69) is 30.0 Å². The lowest BCUT2D eigenvalue weighted by molar-refractivity contribution is 0.243. The molecule has 0 saturated heterocycles. The summed E-state index contributed by atoms with van der Waals surface area (Å²) in [6, 6.07) is 12.8. The molecule has 134 valence electrons. The van der Waals surface area contributed by atoms with Gasteiger partial charge in [-0.25, -0.2) is 13.2 Å². The third-order valence-electron chi connectivity index (χ3n) is 3.68. The van der Waals surface area contributed by atoms with Crippen LogP contribution in [0.2, 0.25) is 0 Å². The van der Waals surface area contributed by atoms with E-state index in [0.717, 1.165) is 5.56 Å². The Labute approximate surface area is 148 Å². The molecule has 2 aromatic carbocycles. The van der Waals surface area contributed by atoms with Crippen LogP contribution in [0, 0.1) is 0 Å². The molecular formula is C18H23N3O3S. The molecule has 0 aliphatic heterocycles. The molecule has 0 aromatic heterocycles. The molecule has 0 aliphatic carbocycles. The summed E-state index contributed by atoms with van der Waals surface area (Å²) in [4.78, 5) is 11.8. The minimum atomic E-state index is -3.57. The Morgan fingerprint density at radius 2 is 1.48 bits per heavy atom. The lowest BCUT2D eigenvalue weighted by Crippen LogP contribution is -2.38. The van der Waals surface area contributed by atoms with Crippen molar-refractivity contribution < 1.29 is 13.2 Å². The van der Waals surface area contributed by atoms with E-state index in [4.69, 9.17) is 0 Å². The Balaban J connectivity index is 2.13. The van der Waals surface area contributed by atoms with E-state index in [1.807, 2.05) is 19.1 Å². The molecule has 2 rings (SSSR count). The monoisotopic (exact) mass is 361 g/mol. The molecule has 0 atom stereocenters. The number of sulfone groups is 1. The van der Waals surface area contributed by atoms with Crippen molar-refractivity contribution in [1.82, 2.24) is 10.7 Å². The van der Waals surface area contributed by atoms with Crippen molar-refractivity contribution in [2.45, 2.75) is 36.5 Å². The van der Waals surface area contributed by atoms with Crippen LogP contribution in [-0.2, 0) is 9.84 Å². The Hall–Kier alpha value is -2.54. The molecule has 0 bridgehead atoms. The van der Waals surface area contributed by atoms with E-state index in [9.17, 15) is 13.2 Å². The summed E-state index contributed by atoms with van der Waals surface area (Å²) < 4.78 is 25.4. The maximum absolute atomic E-state index is 12.7. The highest BCUT2D eigenvalue weighted by Crippen LogP contribution is 2.24. The summed E-state index contributed by atoms with van der Waals surface area (Å²) in [7, 11) is -3.57. The maximum atomic E-state index is 12.7. The van der Waals surface area contributed by atoms with E-state index >= 15 is 0 Å². The fraction of sp³-hybridized carbons (Fsp3) is 0.278. The van der Waals surface area contributed by atoms with E-state index in [0.29, 0.717) is 18.2 Å². The number of urea groups is 1. The van der Waals surface area contributed by atoms with E-state index in [1.165, 1.54) is 12.1 Å². The molecular weight excluding hydrogens is 338 g/mol. The van der Waals surface area contributed by atoms with Crippen LogP contribution in [0.15, 0.2) is 58.3 Å². The van der Waals surface area contributed by atoms with Crippen molar-refractivity contribution in [3.8, 4) is 0 Å². The first-order valence-corrected chi connectivity index (χ1v) is 9.58. The van der Waals surface area contributed by atoms with Gasteiger partial charge in [-0.05, 0) is 54.8 Å². The highest BCUT2D eigenvalue weighted by Gasteiger charge is 2.17. The lowest BCUT2D eigenvalue weighted by Gasteiger charge is -2.10. The first kappa shape index (κ1) is 18.8. The summed E-state index contributed by atoms with van der Waals surface area (Å²) in [5.41, 5.74) is 6.84. The summed E-state index contributed by atoms with van der Waals surface area (Å²) in [5, 5.41) is 2.58. The van der Waals surface area contributed by atoms with Gasteiger partial charge in [0.1, 0.15) is 0 Å². The number of hydrazine groups is 1. The van der Waals surface area contributed by atoms with Crippen LogP contribution in [-0.4, -0.2) is 21.0 Å². The topological polar surface area (TPSA) is 87.3 Å². The van der Waals surface area contributed by atoms with Crippen molar-refractivity contribution >= 4 is 21.6 Å². The molecule has 0 fully saturated rings. The third kappa shape index (κ3) is 4.73. The number of anilines is 1. The molecule has 2 amide bonds. The summed E-state index contributed by atoms with van der Waals surface area (Å²) >= 11 is 0. The van der Waals surface area contributed by atoms with Crippen molar-refractivity contribution in [2.75, 3.05) is 12.0 Å². The molecule has 0 saturated carbocycles. The number of rotatable bonds is 6. The molecule has 6 nitrogen and oxygen atoms in total. The Bertz CT molecular complexity index is 814. The second-order valence-electron chi connectivity index (χ2n) is 5.86. The smallest absolute Gasteiger partial charge is 0.333 e. The van der Waals surface area contributed by atoms with Gasteiger partial charge >= 0.3 is 6.03 Å². The number of hydrogen-bond donors (Lipinski definition) is 3. The van der Waals surface area contributed by atoms with Crippen LogP contribution in [0.3, 0.4) is 0 Å². The van der Waals surface area contributed by atoms with Crippen LogP contribution in [0.1, 0.15) is 32.3 Å². The van der Waals surface area contributed by atoms with Gasteiger partial charge in [0.2, 0.25) is 9.84 Å². The largest absolute Gasteiger partial charge is 0.337 e. The Kier molecular flexibility index (Phi) is 6.03. The van der Waals surface area contributed by atoms with Crippen LogP contribution in [0.5, 0.6) is 0 Å². The predicted molar refractivity (Wildman–Crippen MR) is 98.3 cm³/mol. The molecule has 0 heterocycles. The maximum Gasteiger partial charge on any atom is 0.333 e. The van der Waals surface area contributed by atoms with Gasteiger partial charge in [-0.1, -0.05) is 26.0 Å². The average molecular weight is 361 g/mol. The second kappa shape index (κ2) is 8.02. The summed E-state index contributed by atoms with van der Waals surface area (Å²) in [6.45, 7) is 6.45. The predicted octanol–water partition coefficient (Wildman–Crippen LogP) is 3.29. The fourth-order valence-electron chi connectivity index (χ4n) is 2.22. The quantitative estimate of drug-likeness (QED) is 0.689. The molecule has 2 aromatic rings. The van der Waals surface area contributed by atoms with E-state index < -0.39 is 9.84 Å². The Morgan fingerprint density at radius 1 is 0.960 bits per heavy atom. The SMILES string of the molecule is CCNC(=O)NNc1ccc(S(=O)(=O)c2ccc(C(C)C)cc2)cc1. The van der Waals surface area contributed by atoms with E-state index in [1.54, 1.807) is 24.3 Å². The molecule has 25 heavy (non-hydrogen) atoms. The minimum absolute atomic E-state index is 0.202. The zero-order valence-electron chi connectivity index (χ0n) is 14.5. The van der Waals surface area contributed by atoms with Crippen LogP contribution in [0.4, 0.5) is 10.5 Å². The molecule has 3 N–H and O–H groups in total. The number of benzene rings is 2. The molecule has 0 spiro atoms. The van der Waals surface area contributed by atoms with Crippen molar-refractivity contribution in [2.24, 2.45) is 0 Å². The highest BCUT2D eigenvalue weighted by atomic mass is 32.2. The van der Waals surface area contributed by atoms with Gasteiger partial charge in [0, 0.05) is 6.54 Å². The number of amides is 2. The number of hydrogen-bond acceptors (Lipinski definition) is 4. The van der Waals surface area contributed by atoms with E-state index in [-0.39, 0.29) is 15.8 Å². The molecule has 7 heteroatoms. The van der Waals surface area contributed by atoms with Gasteiger partial charge in [0.05, 0.1) is 15.5 Å². The van der Waals surface area contributed by atoms with Gasteiger partial charge in [0.25, 0.3) is 0 Å². The number of carbonyl (C=O) groups excluding carboxylic acids is 1. The molecule has 0 aliphatic rings. The zero-order valence-corrected chi connectivity index (χ0v) is 15.4. The first-order chi connectivity index (χ1) is 11.8. The molecule has 0 unspecified atom stereocenters. The summed E-state index contributed by atoms with van der Waals surface area (Å²) in [6.07, 6.45) is 0. The van der Waals surface area contributed by atoms with Gasteiger partial charge in [-0.2, -0.15) is 0 Å². The van der Waals surface area contributed by atoms with Crippen LogP contribution >= 0.6 is 0 Å². The van der Waals surface area contributed by atoms with Crippen LogP contribution < -0.4 is 16.2 Å². The van der Waals surface area contributed by atoms with Crippen LogP contribution in [0.25, 0.3) is 0 Å². The summed E-state index contributed by atoms with van der Waals surface area (Å²) in [5.74, 6) is 0.347. The fourth-order valence-corrected chi connectivity index (χ4v) is 3.48. The first-order valence-electron chi connectivity index (χ1n) is 8.09. The third-order valence-corrected chi connectivity index (χ3v) is 5.46. The average Bonchev–Trinajstić information content (AvgIpc) is 2.60. The standard InChI is InChI=1S/C18H23N3O3S/c1-4-19-18(22)21-20-15-7-11-17(12-8-15)25(23,24)16-9-5-14(6-10-16)13(2)3/h5-13,20H,4H2,1-3H3,(H2,19,21,22).